The highest BCUT2D eigenvalue weighted by atomic mass is 127. The summed E-state index contributed by atoms with van der Waals surface area (Å²) in [5.41, 5.74) is 9.51. The Bertz CT molecular complexity index is 806. The Morgan fingerprint density at radius 2 is 1.83 bits per heavy atom. The number of para-hydroxylation sites is 2. The number of aryl methyl sites for hydroxylation is 1. The van der Waals surface area contributed by atoms with E-state index in [2.05, 4.69) is 51.3 Å². The van der Waals surface area contributed by atoms with Crippen LogP contribution in [0.2, 0.25) is 0 Å². The lowest BCUT2D eigenvalue weighted by molar-refractivity contribution is 0.253. The zero-order valence-corrected chi connectivity index (χ0v) is 20.3. The summed E-state index contributed by atoms with van der Waals surface area (Å²) in [6.07, 6.45) is 2.17. The van der Waals surface area contributed by atoms with Gasteiger partial charge in [-0.05, 0) is 56.1 Å². The van der Waals surface area contributed by atoms with Crippen LogP contribution in [0.4, 0.5) is 11.4 Å². The second-order valence-corrected chi connectivity index (χ2v) is 7.47. The fourth-order valence-corrected chi connectivity index (χ4v) is 3.63. The van der Waals surface area contributed by atoms with Crippen molar-refractivity contribution in [2.24, 2.45) is 10.7 Å². The van der Waals surface area contributed by atoms with E-state index in [1.807, 2.05) is 24.3 Å². The van der Waals surface area contributed by atoms with Crippen LogP contribution in [0.25, 0.3) is 0 Å². The Morgan fingerprint density at radius 1 is 1.07 bits per heavy atom. The smallest absolute Gasteiger partial charge is 0.193 e. The highest BCUT2D eigenvalue weighted by Crippen LogP contribution is 2.22. The Morgan fingerprint density at radius 3 is 2.57 bits per heavy atom. The normalized spacial score (nSPS) is 14.9. The van der Waals surface area contributed by atoms with Gasteiger partial charge in [-0.1, -0.05) is 24.3 Å². The summed E-state index contributed by atoms with van der Waals surface area (Å²) in [6.45, 7) is 8.44. The van der Waals surface area contributed by atoms with Gasteiger partial charge < -0.3 is 20.7 Å². The molecule has 1 fully saturated rings. The highest BCUT2D eigenvalue weighted by molar-refractivity contribution is 14.0. The number of hydrogen-bond acceptors (Lipinski definition) is 4. The maximum atomic E-state index is 6.00. The maximum Gasteiger partial charge on any atom is 0.193 e. The van der Waals surface area contributed by atoms with Gasteiger partial charge in [-0.2, -0.15) is 0 Å². The first-order valence-corrected chi connectivity index (χ1v) is 10.4. The molecule has 1 saturated heterocycles. The molecule has 0 unspecified atom stereocenters. The van der Waals surface area contributed by atoms with Crippen LogP contribution in [0.15, 0.2) is 53.5 Å². The Balaban J connectivity index is 0.00000320. The van der Waals surface area contributed by atoms with Crippen LogP contribution >= 0.6 is 24.0 Å². The number of piperazine rings is 1. The second-order valence-electron chi connectivity index (χ2n) is 7.47. The molecule has 0 amide bonds. The van der Waals surface area contributed by atoms with Gasteiger partial charge in [0.05, 0.1) is 12.8 Å². The number of rotatable bonds is 8. The third-order valence-electron chi connectivity index (χ3n) is 5.27. The molecule has 30 heavy (non-hydrogen) atoms. The van der Waals surface area contributed by atoms with Crippen molar-refractivity contribution in [1.82, 2.24) is 4.90 Å². The van der Waals surface area contributed by atoms with Gasteiger partial charge in [0.2, 0.25) is 0 Å². The number of nitrogens with zero attached hydrogens (tertiary/aromatic N) is 3. The van der Waals surface area contributed by atoms with Gasteiger partial charge in [-0.3, -0.25) is 9.89 Å². The molecule has 6 nitrogen and oxygen atoms in total. The van der Waals surface area contributed by atoms with Gasteiger partial charge in [0.1, 0.15) is 5.75 Å². The van der Waals surface area contributed by atoms with Crippen LogP contribution < -0.4 is 20.7 Å². The molecule has 7 heteroatoms. The molecule has 164 valence electrons. The van der Waals surface area contributed by atoms with E-state index >= 15 is 0 Å². The number of nitrogens with one attached hydrogen (secondary N) is 1. The number of ether oxygens (including phenoxy) is 1. The van der Waals surface area contributed by atoms with Gasteiger partial charge >= 0.3 is 0 Å². The van der Waals surface area contributed by atoms with Gasteiger partial charge in [0, 0.05) is 38.4 Å². The Labute approximate surface area is 197 Å². The van der Waals surface area contributed by atoms with Crippen molar-refractivity contribution in [2.45, 2.75) is 19.8 Å². The first-order valence-electron chi connectivity index (χ1n) is 10.4. The Hall–Kier alpha value is -2.00. The molecule has 0 aliphatic carbocycles. The molecule has 2 aromatic rings. The molecule has 0 aromatic heterocycles. The molecule has 3 rings (SSSR count). The summed E-state index contributed by atoms with van der Waals surface area (Å²) >= 11 is 0. The summed E-state index contributed by atoms with van der Waals surface area (Å²) in [4.78, 5) is 9.47. The highest BCUT2D eigenvalue weighted by Gasteiger charge is 2.16. The van der Waals surface area contributed by atoms with Crippen molar-refractivity contribution in [3.05, 3.63) is 54.1 Å². The minimum atomic E-state index is 0. The maximum absolute atomic E-state index is 6.00. The third-order valence-corrected chi connectivity index (χ3v) is 5.27. The molecular formula is C23H34IN5O. The number of halogens is 1. The van der Waals surface area contributed by atoms with E-state index in [1.54, 1.807) is 7.11 Å². The van der Waals surface area contributed by atoms with Gasteiger partial charge in [0.15, 0.2) is 5.96 Å². The lowest BCUT2D eigenvalue weighted by atomic mass is 10.2. The number of hydrogen-bond donors (Lipinski definition) is 2. The minimum Gasteiger partial charge on any atom is -0.495 e. The van der Waals surface area contributed by atoms with Crippen LogP contribution in [0.5, 0.6) is 5.75 Å². The molecule has 0 radical (unpaired) electrons. The third kappa shape index (κ3) is 7.36. The van der Waals surface area contributed by atoms with Crippen LogP contribution in [-0.2, 0) is 0 Å². The van der Waals surface area contributed by atoms with Crippen LogP contribution in [-0.4, -0.2) is 57.2 Å². The van der Waals surface area contributed by atoms with Crippen LogP contribution in [0, 0.1) is 6.92 Å². The van der Waals surface area contributed by atoms with E-state index in [1.165, 1.54) is 11.3 Å². The van der Waals surface area contributed by atoms with Crippen molar-refractivity contribution in [2.75, 3.05) is 56.6 Å². The summed E-state index contributed by atoms with van der Waals surface area (Å²) < 4.78 is 5.32. The first-order chi connectivity index (χ1) is 14.2. The van der Waals surface area contributed by atoms with Gasteiger partial charge in [0.25, 0.3) is 0 Å². The lowest BCUT2D eigenvalue weighted by Crippen LogP contribution is -2.46. The topological polar surface area (TPSA) is 66.1 Å². The van der Waals surface area contributed by atoms with E-state index in [0.717, 1.165) is 63.5 Å². The summed E-state index contributed by atoms with van der Waals surface area (Å²) in [5.74, 6) is 1.19. The molecule has 0 saturated carbocycles. The van der Waals surface area contributed by atoms with E-state index in [0.29, 0.717) is 5.96 Å². The number of nitrogens with two attached hydrogens (primary N) is 1. The number of methoxy groups -OCH3 is 1. The van der Waals surface area contributed by atoms with Crippen LogP contribution in [0.1, 0.15) is 18.4 Å². The van der Waals surface area contributed by atoms with Crippen LogP contribution in [0.3, 0.4) is 0 Å². The number of benzene rings is 2. The zero-order valence-electron chi connectivity index (χ0n) is 18.0. The SMILES string of the molecule is COc1ccccc1NC(N)=NCCCCN1CCN(c2cccc(C)c2)CC1.I. The zero-order chi connectivity index (χ0) is 20.5. The number of aliphatic imine (C=N–C) groups is 1. The molecule has 1 aliphatic rings. The fourth-order valence-electron chi connectivity index (χ4n) is 3.63. The monoisotopic (exact) mass is 523 g/mol. The molecule has 1 aliphatic heterocycles. The molecule has 0 bridgehead atoms. The first kappa shape index (κ1) is 24.3. The number of unbranched alkanes of at least 4 members (excludes halogenated alkanes) is 1. The second kappa shape index (κ2) is 12.6. The fraction of sp³-hybridized carbons (Fsp3) is 0.435. The lowest BCUT2D eigenvalue weighted by Gasteiger charge is -2.36. The van der Waals surface area contributed by atoms with Gasteiger partial charge in [-0.15, -0.1) is 24.0 Å². The quantitative estimate of drug-likeness (QED) is 0.238. The van der Waals surface area contributed by atoms with Crippen molar-refractivity contribution in [3.8, 4) is 5.75 Å². The standard InChI is InChI=1S/C23H33N5O.HI/c1-19-8-7-9-20(18-19)28-16-14-27(15-17-28)13-6-5-12-25-23(24)26-21-10-3-4-11-22(21)29-2;/h3-4,7-11,18H,5-6,12-17H2,1-2H3,(H3,24,25,26);1H. The summed E-state index contributed by atoms with van der Waals surface area (Å²) in [6, 6.07) is 16.5. The van der Waals surface area contributed by atoms with Crippen molar-refractivity contribution in [3.63, 3.8) is 0 Å². The molecule has 0 atom stereocenters. The van der Waals surface area contributed by atoms with Gasteiger partial charge in [-0.25, -0.2) is 0 Å². The predicted octanol–water partition coefficient (Wildman–Crippen LogP) is 3.95. The summed E-state index contributed by atoms with van der Waals surface area (Å²) in [5, 5.41) is 3.11. The van der Waals surface area contributed by atoms with Crippen molar-refractivity contribution < 1.29 is 4.74 Å². The van der Waals surface area contributed by atoms with E-state index in [9.17, 15) is 0 Å². The molecule has 1 heterocycles. The molecular weight excluding hydrogens is 489 g/mol. The number of guanidine groups is 1. The molecule has 2 aromatic carbocycles. The predicted molar refractivity (Wildman–Crippen MR) is 138 cm³/mol. The van der Waals surface area contributed by atoms with Crippen molar-refractivity contribution >= 4 is 41.3 Å². The van der Waals surface area contributed by atoms with E-state index in [4.69, 9.17) is 10.5 Å². The summed E-state index contributed by atoms with van der Waals surface area (Å²) in [7, 11) is 1.65. The molecule has 0 spiro atoms. The molecule has 3 N–H and O–H groups in total. The van der Waals surface area contributed by atoms with Crippen molar-refractivity contribution in [1.29, 1.82) is 0 Å². The average molecular weight is 523 g/mol. The largest absolute Gasteiger partial charge is 0.495 e. The average Bonchev–Trinajstić information content (AvgIpc) is 2.74. The minimum absolute atomic E-state index is 0. The van der Waals surface area contributed by atoms with E-state index < -0.39 is 0 Å². The Kier molecular flexibility index (Phi) is 10.2. The van der Waals surface area contributed by atoms with E-state index in [-0.39, 0.29) is 24.0 Å². The number of anilines is 2.